The molecule has 6 nitrogen and oxygen atoms in total. The lowest BCUT2D eigenvalue weighted by Crippen LogP contribution is -2.30. The third-order valence-corrected chi connectivity index (χ3v) is 13.1. The number of esters is 3. The summed E-state index contributed by atoms with van der Waals surface area (Å²) in [6.07, 6.45) is 78.5. The Morgan fingerprint density at radius 3 is 0.819 bits per heavy atom. The molecule has 0 aliphatic rings. The topological polar surface area (TPSA) is 78.9 Å². The van der Waals surface area contributed by atoms with Crippen molar-refractivity contribution in [2.24, 2.45) is 0 Å². The van der Waals surface area contributed by atoms with Crippen LogP contribution in [0.1, 0.15) is 297 Å². The van der Waals surface area contributed by atoms with E-state index in [9.17, 15) is 14.4 Å². The molecule has 0 aromatic rings. The maximum Gasteiger partial charge on any atom is 0.306 e. The third kappa shape index (κ3) is 57.5. The first-order chi connectivity index (χ1) is 35.5. The lowest BCUT2D eigenvalue weighted by atomic mass is 10.0. The average molecular weight is 1000 g/mol. The van der Waals surface area contributed by atoms with Gasteiger partial charge >= 0.3 is 17.9 Å². The van der Waals surface area contributed by atoms with Crippen molar-refractivity contribution >= 4 is 17.9 Å². The number of carbonyl (C=O) groups excluding carboxylic acids is 3. The van der Waals surface area contributed by atoms with Gasteiger partial charge < -0.3 is 14.2 Å². The van der Waals surface area contributed by atoms with Gasteiger partial charge in [-0.15, -0.1) is 0 Å². The van der Waals surface area contributed by atoms with Crippen LogP contribution in [0, 0.1) is 0 Å². The number of ether oxygens (including phenoxy) is 3. The van der Waals surface area contributed by atoms with E-state index in [0.29, 0.717) is 19.3 Å². The van der Waals surface area contributed by atoms with E-state index >= 15 is 0 Å². The van der Waals surface area contributed by atoms with Crippen LogP contribution in [0.2, 0.25) is 0 Å². The summed E-state index contributed by atoms with van der Waals surface area (Å²) in [6.45, 7) is 6.57. The van der Waals surface area contributed by atoms with Gasteiger partial charge in [0.15, 0.2) is 6.10 Å². The van der Waals surface area contributed by atoms with Crippen molar-refractivity contribution in [1.29, 1.82) is 0 Å². The van der Waals surface area contributed by atoms with Crippen LogP contribution in [0.3, 0.4) is 0 Å². The second kappa shape index (κ2) is 60.1. The quantitative estimate of drug-likeness (QED) is 0.0261. The normalized spacial score (nSPS) is 12.7. The highest BCUT2D eigenvalue weighted by molar-refractivity contribution is 5.71. The van der Waals surface area contributed by atoms with Crippen molar-refractivity contribution in [3.63, 3.8) is 0 Å². The molecular weight excluding hydrogens is 889 g/mol. The Bertz CT molecular complexity index is 1380. The third-order valence-electron chi connectivity index (χ3n) is 13.1. The van der Waals surface area contributed by atoms with Gasteiger partial charge in [0, 0.05) is 19.3 Å². The minimum absolute atomic E-state index is 0.0902. The van der Waals surface area contributed by atoms with E-state index in [1.54, 1.807) is 0 Å². The van der Waals surface area contributed by atoms with Gasteiger partial charge in [0.2, 0.25) is 0 Å². The summed E-state index contributed by atoms with van der Waals surface area (Å²) in [7, 11) is 0. The van der Waals surface area contributed by atoms with Crippen molar-refractivity contribution in [1.82, 2.24) is 0 Å². The SMILES string of the molecule is CCCCC/C=C\C/C=C\C/C=C\C/C=C\CCCCCC(=O)OC[C@@H](COC(=O)CCCCCCCCCCCCCCCCCC)OC(=O)CCCCCCCC/C=C\C/C=C\C/C=C\CCCCC. The van der Waals surface area contributed by atoms with Crippen LogP contribution in [0.15, 0.2) is 85.1 Å². The number of hydrogen-bond donors (Lipinski definition) is 0. The molecule has 0 aliphatic carbocycles. The first-order valence-electron chi connectivity index (χ1n) is 30.6. The Morgan fingerprint density at radius 2 is 0.500 bits per heavy atom. The largest absolute Gasteiger partial charge is 0.462 e. The summed E-state index contributed by atoms with van der Waals surface area (Å²) in [5.74, 6) is -0.924. The van der Waals surface area contributed by atoms with Gasteiger partial charge in [-0.3, -0.25) is 14.4 Å². The highest BCUT2D eigenvalue weighted by Gasteiger charge is 2.19. The predicted molar refractivity (Wildman–Crippen MR) is 311 cm³/mol. The fourth-order valence-electron chi connectivity index (χ4n) is 8.49. The van der Waals surface area contributed by atoms with Crippen molar-refractivity contribution in [2.75, 3.05) is 13.2 Å². The van der Waals surface area contributed by atoms with E-state index in [0.717, 1.165) is 109 Å². The molecule has 0 saturated carbocycles. The Kier molecular flexibility index (Phi) is 57.3. The molecule has 0 saturated heterocycles. The minimum Gasteiger partial charge on any atom is -0.462 e. The van der Waals surface area contributed by atoms with Gasteiger partial charge in [-0.1, -0.05) is 260 Å². The number of hydrogen-bond acceptors (Lipinski definition) is 6. The smallest absolute Gasteiger partial charge is 0.306 e. The molecule has 0 aliphatic heterocycles. The van der Waals surface area contributed by atoms with Crippen LogP contribution in [-0.2, 0) is 28.6 Å². The zero-order valence-corrected chi connectivity index (χ0v) is 47.4. The van der Waals surface area contributed by atoms with E-state index in [-0.39, 0.29) is 31.1 Å². The summed E-state index contributed by atoms with van der Waals surface area (Å²) in [6, 6.07) is 0. The lowest BCUT2D eigenvalue weighted by molar-refractivity contribution is -0.167. The Morgan fingerprint density at radius 1 is 0.278 bits per heavy atom. The van der Waals surface area contributed by atoms with Crippen LogP contribution < -0.4 is 0 Å². The van der Waals surface area contributed by atoms with E-state index in [2.05, 4.69) is 106 Å². The summed E-state index contributed by atoms with van der Waals surface area (Å²) < 4.78 is 16.9. The molecule has 414 valence electrons. The molecule has 72 heavy (non-hydrogen) atoms. The molecule has 0 heterocycles. The molecule has 1 atom stereocenters. The van der Waals surface area contributed by atoms with Crippen molar-refractivity contribution in [2.45, 2.75) is 303 Å². The fraction of sp³-hybridized carbons (Fsp3) is 0.742. The Balaban J connectivity index is 4.46. The zero-order chi connectivity index (χ0) is 52.2. The van der Waals surface area contributed by atoms with Crippen molar-refractivity contribution in [3.8, 4) is 0 Å². The molecule has 0 amide bonds. The summed E-state index contributed by atoms with van der Waals surface area (Å²) >= 11 is 0. The van der Waals surface area contributed by atoms with Gasteiger partial charge in [0.25, 0.3) is 0 Å². The Hall–Kier alpha value is -3.41. The Labute approximate surface area is 445 Å². The van der Waals surface area contributed by atoms with Gasteiger partial charge in [0.1, 0.15) is 13.2 Å². The van der Waals surface area contributed by atoms with Gasteiger partial charge in [0.05, 0.1) is 0 Å². The minimum atomic E-state index is -0.797. The van der Waals surface area contributed by atoms with E-state index < -0.39 is 6.10 Å². The first kappa shape index (κ1) is 68.6. The summed E-state index contributed by atoms with van der Waals surface area (Å²) in [4.78, 5) is 38.3. The molecule has 0 aromatic carbocycles. The van der Waals surface area contributed by atoms with E-state index in [4.69, 9.17) is 14.2 Å². The highest BCUT2D eigenvalue weighted by atomic mass is 16.6. The molecule has 0 fully saturated rings. The van der Waals surface area contributed by atoms with Crippen LogP contribution in [-0.4, -0.2) is 37.2 Å². The molecule has 0 aromatic heterocycles. The van der Waals surface area contributed by atoms with Gasteiger partial charge in [-0.25, -0.2) is 0 Å². The standard InChI is InChI=1S/C66H114O6/c1-4-7-10-13-16-19-22-25-28-31-33-35-38-41-44-47-50-53-56-59-65(68)71-62-63(61-70-64(67)58-55-52-49-46-43-40-37-30-27-24-21-18-15-12-9-6-3)72-66(69)60-57-54-51-48-45-42-39-36-34-32-29-26-23-20-17-14-11-8-5-2/h16-17,19-20,25-26,28-29,33-36,41,44,63H,4-15,18,21-24,27,30-32,37-40,42-43,45-62H2,1-3H3/b19-16-,20-17-,28-25-,29-26-,35-33-,36-34-,44-41-/t63-/m1/s1. The molecule has 0 radical (unpaired) electrons. The molecule has 0 spiro atoms. The predicted octanol–water partition coefficient (Wildman–Crippen LogP) is 20.7. The summed E-state index contributed by atoms with van der Waals surface area (Å²) in [5.41, 5.74) is 0. The fourth-order valence-corrected chi connectivity index (χ4v) is 8.49. The summed E-state index contributed by atoms with van der Waals surface area (Å²) in [5, 5.41) is 0. The van der Waals surface area contributed by atoms with E-state index in [1.807, 2.05) is 0 Å². The lowest BCUT2D eigenvalue weighted by Gasteiger charge is -2.18. The van der Waals surface area contributed by atoms with Crippen molar-refractivity contribution in [3.05, 3.63) is 85.1 Å². The zero-order valence-electron chi connectivity index (χ0n) is 47.4. The molecule has 0 bridgehead atoms. The van der Waals surface area contributed by atoms with Crippen LogP contribution in [0.25, 0.3) is 0 Å². The molecule has 0 rings (SSSR count). The van der Waals surface area contributed by atoms with Gasteiger partial charge in [-0.05, 0) is 103 Å². The maximum absolute atomic E-state index is 12.9. The molecule has 6 heteroatoms. The second-order valence-corrected chi connectivity index (χ2v) is 20.3. The molecule has 0 N–H and O–H groups in total. The number of unbranched alkanes of at least 4 members (excludes halogenated alkanes) is 30. The molecular formula is C66H114O6. The number of carbonyl (C=O) groups is 3. The second-order valence-electron chi connectivity index (χ2n) is 20.3. The number of rotatable bonds is 55. The first-order valence-corrected chi connectivity index (χ1v) is 30.6. The number of allylic oxidation sites excluding steroid dienone is 14. The molecule has 0 unspecified atom stereocenters. The van der Waals surface area contributed by atoms with Crippen LogP contribution in [0.4, 0.5) is 0 Å². The maximum atomic E-state index is 12.9. The van der Waals surface area contributed by atoms with E-state index in [1.165, 1.54) is 148 Å². The van der Waals surface area contributed by atoms with Crippen molar-refractivity contribution < 1.29 is 28.6 Å². The van der Waals surface area contributed by atoms with Gasteiger partial charge in [-0.2, -0.15) is 0 Å². The average Bonchev–Trinajstić information content (AvgIpc) is 3.38. The highest BCUT2D eigenvalue weighted by Crippen LogP contribution is 2.16. The van der Waals surface area contributed by atoms with Crippen LogP contribution >= 0.6 is 0 Å². The van der Waals surface area contributed by atoms with Crippen LogP contribution in [0.5, 0.6) is 0 Å². The monoisotopic (exact) mass is 1000 g/mol.